The van der Waals surface area contributed by atoms with Crippen LogP contribution in [0.4, 0.5) is 4.39 Å². The number of benzene rings is 3. The summed E-state index contributed by atoms with van der Waals surface area (Å²) in [5.74, 6) is -0.101. The van der Waals surface area contributed by atoms with E-state index in [9.17, 15) is 4.79 Å². The lowest BCUT2D eigenvalue weighted by molar-refractivity contribution is 0.0520. The average Bonchev–Trinajstić information content (AvgIpc) is 3.52. The van der Waals surface area contributed by atoms with E-state index in [0.717, 1.165) is 58.5 Å². The first kappa shape index (κ1) is 27.1. The first-order chi connectivity index (χ1) is 19.9. The van der Waals surface area contributed by atoms with Gasteiger partial charge in [0.1, 0.15) is 5.82 Å². The molecule has 3 aromatic carbocycles. The number of ether oxygens (including phenoxy) is 1. The third kappa shape index (κ3) is 5.86. The molecule has 0 amide bonds. The number of aryl methyl sites for hydroxylation is 2. The van der Waals surface area contributed by atoms with Crippen molar-refractivity contribution in [1.29, 1.82) is 0 Å². The molecular weight excluding hydrogens is 533 g/mol. The number of thiazole rings is 1. The van der Waals surface area contributed by atoms with Crippen LogP contribution in [0.3, 0.4) is 0 Å². The molecule has 0 unspecified atom stereocenters. The Morgan fingerprint density at radius 1 is 1.00 bits per heavy atom. The number of halogens is 1. The molecule has 0 aliphatic heterocycles. The lowest BCUT2D eigenvalue weighted by Crippen LogP contribution is -2.08. The van der Waals surface area contributed by atoms with Gasteiger partial charge in [-0.25, -0.2) is 18.9 Å². The largest absolute Gasteiger partial charge is 0.461 e. The van der Waals surface area contributed by atoms with Crippen molar-refractivity contribution >= 4 is 17.3 Å². The van der Waals surface area contributed by atoms with E-state index in [0.29, 0.717) is 23.0 Å². The van der Waals surface area contributed by atoms with Crippen LogP contribution in [-0.2, 0) is 17.6 Å². The summed E-state index contributed by atoms with van der Waals surface area (Å²) >= 11 is 1.36. The molecule has 0 bridgehead atoms. The fourth-order valence-corrected chi connectivity index (χ4v) is 5.87. The molecule has 2 heterocycles. The number of carbonyl (C=O) groups is 1. The van der Waals surface area contributed by atoms with Gasteiger partial charge in [-0.1, -0.05) is 60.2 Å². The van der Waals surface area contributed by atoms with Crippen molar-refractivity contribution < 1.29 is 13.9 Å². The first-order valence-corrected chi connectivity index (χ1v) is 14.9. The van der Waals surface area contributed by atoms with Crippen molar-refractivity contribution in [2.45, 2.75) is 46.5 Å². The van der Waals surface area contributed by atoms with Crippen LogP contribution in [0.15, 0.2) is 72.1 Å². The van der Waals surface area contributed by atoms with E-state index in [2.05, 4.69) is 54.4 Å². The van der Waals surface area contributed by atoms with E-state index in [1.807, 2.05) is 29.8 Å². The summed E-state index contributed by atoms with van der Waals surface area (Å²) in [5, 5.41) is 7.45. The normalized spacial score (nSPS) is 13.0. The predicted molar refractivity (Wildman–Crippen MR) is 161 cm³/mol. The Bertz CT molecular complexity index is 1720. The maximum absolute atomic E-state index is 15.2. The van der Waals surface area contributed by atoms with Gasteiger partial charge in [-0.15, -0.1) is 11.3 Å². The summed E-state index contributed by atoms with van der Waals surface area (Å²) < 4.78 is 22.3. The van der Waals surface area contributed by atoms with Crippen LogP contribution in [0, 0.1) is 25.6 Å². The van der Waals surface area contributed by atoms with Gasteiger partial charge in [0.05, 0.1) is 18.0 Å². The topological polar surface area (TPSA) is 57.0 Å². The predicted octanol–water partition coefficient (Wildman–Crippen LogP) is 8.14. The van der Waals surface area contributed by atoms with E-state index in [1.165, 1.54) is 16.9 Å². The Morgan fingerprint density at radius 3 is 2.49 bits per heavy atom. The van der Waals surface area contributed by atoms with Crippen LogP contribution in [-0.4, -0.2) is 27.3 Å². The highest BCUT2D eigenvalue weighted by molar-refractivity contribution is 7.12. The van der Waals surface area contributed by atoms with Crippen LogP contribution < -0.4 is 0 Å². The molecule has 7 heteroatoms. The molecule has 1 fully saturated rings. The lowest BCUT2D eigenvalue weighted by Gasteiger charge is -2.10. The van der Waals surface area contributed by atoms with E-state index in [1.54, 1.807) is 18.4 Å². The Morgan fingerprint density at radius 2 is 1.76 bits per heavy atom. The molecule has 5 aromatic rings. The number of rotatable bonds is 9. The molecule has 208 valence electrons. The molecule has 0 spiro atoms. The standard InChI is InChI=1S/C34H32FN3O2S/c1-4-40-33(39)30-20-41-34(36-30)38-31(17-23-11-12-23)28(19-26-15-10-22(3)16-29(26)35)32(37-38)27-7-5-6-25(18-27)24-13-8-21(2)9-14-24/h5-10,13-16,18,20,23H,4,11-12,17,19H2,1-3H3. The summed E-state index contributed by atoms with van der Waals surface area (Å²) in [4.78, 5) is 17.0. The fourth-order valence-electron chi connectivity index (χ4n) is 5.10. The molecule has 6 rings (SSSR count). The minimum absolute atomic E-state index is 0.215. The molecule has 0 N–H and O–H groups in total. The summed E-state index contributed by atoms with van der Waals surface area (Å²) in [6.45, 7) is 6.04. The third-order valence-corrected chi connectivity index (χ3v) is 8.34. The Hall–Kier alpha value is -4.10. The maximum Gasteiger partial charge on any atom is 0.357 e. The lowest BCUT2D eigenvalue weighted by atomic mass is 9.94. The summed E-state index contributed by atoms with van der Waals surface area (Å²) in [6, 6.07) is 22.2. The summed E-state index contributed by atoms with van der Waals surface area (Å²) in [7, 11) is 0. The average molecular weight is 566 g/mol. The van der Waals surface area contributed by atoms with Gasteiger partial charge in [-0.05, 0) is 80.3 Å². The number of aromatic nitrogens is 3. The molecule has 0 radical (unpaired) electrons. The van der Waals surface area contributed by atoms with Crippen LogP contribution in [0.5, 0.6) is 0 Å². The van der Waals surface area contributed by atoms with Crippen molar-refractivity contribution in [2.24, 2.45) is 5.92 Å². The molecule has 2 aromatic heterocycles. The smallest absolute Gasteiger partial charge is 0.357 e. The number of hydrogen-bond donors (Lipinski definition) is 0. The number of carbonyl (C=O) groups excluding carboxylic acids is 1. The zero-order valence-electron chi connectivity index (χ0n) is 23.5. The zero-order valence-corrected chi connectivity index (χ0v) is 24.3. The third-order valence-electron chi connectivity index (χ3n) is 7.52. The highest BCUT2D eigenvalue weighted by atomic mass is 32.1. The van der Waals surface area contributed by atoms with Gasteiger partial charge in [0, 0.05) is 22.9 Å². The van der Waals surface area contributed by atoms with Gasteiger partial charge in [0.25, 0.3) is 0 Å². The van der Waals surface area contributed by atoms with Gasteiger partial charge in [0.2, 0.25) is 5.13 Å². The van der Waals surface area contributed by atoms with Crippen molar-refractivity contribution in [2.75, 3.05) is 6.61 Å². The van der Waals surface area contributed by atoms with Crippen LogP contribution in [0.2, 0.25) is 0 Å². The van der Waals surface area contributed by atoms with Crippen LogP contribution in [0.25, 0.3) is 27.5 Å². The van der Waals surface area contributed by atoms with Crippen molar-refractivity contribution in [3.63, 3.8) is 0 Å². The number of esters is 1. The molecule has 0 atom stereocenters. The summed E-state index contributed by atoms with van der Waals surface area (Å²) in [5.41, 5.74) is 9.00. The van der Waals surface area contributed by atoms with Gasteiger partial charge in [-0.3, -0.25) is 0 Å². The Balaban J connectivity index is 1.51. The molecule has 41 heavy (non-hydrogen) atoms. The number of nitrogens with zero attached hydrogens (tertiary/aromatic N) is 3. The Labute approximate surface area is 243 Å². The summed E-state index contributed by atoms with van der Waals surface area (Å²) in [6.07, 6.45) is 3.55. The molecular formula is C34H32FN3O2S. The molecule has 5 nitrogen and oxygen atoms in total. The SMILES string of the molecule is CCOC(=O)c1csc(-n2nc(-c3cccc(-c4ccc(C)cc4)c3)c(Cc3ccc(C)cc3F)c2CC2CC2)n1. The first-order valence-electron chi connectivity index (χ1n) is 14.1. The highest BCUT2D eigenvalue weighted by Crippen LogP contribution is 2.39. The van der Waals surface area contributed by atoms with Gasteiger partial charge in [0.15, 0.2) is 5.69 Å². The second kappa shape index (κ2) is 11.4. The van der Waals surface area contributed by atoms with Crippen molar-refractivity contribution in [3.8, 4) is 27.5 Å². The van der Waals surface area contributed by atoms with Gasteiger partial charge >= 0.3 is 5.97 Å². The van der Waals surface area contributed by atoms with E-state index in [4.69, 9.17) is 9.84 Å². The van der Waals surface area contributed by atoms with E-state index < -0.39 is 5.97 Å². The fraction of sp³-hybridized carbons (Fsp3) is 0.265. The zero-order chi connectivity index (χ0) is 28.5. The molecule has 1 saturated carbocycles. The van der Waals surface area contributed by atoms with Crippen molar-refractivity contribution in [3.05, 3.63) is 112 Å². The van der Waals surface area contributed by atoms with Crippen LogP contribution in [0.1, 0.15) is 58.2 Å². The van der Waals surface area contributed by atoms with Gasteiger partial charge < -0.3 is 4.74 Å². The Kier molecular flexibility index (Phi) is 7.54. The molecule has 0 saturated heterocycles. The highest BCUT2D eigenvalue weighted by Gasteiger charge is 2.29. The second-order valence-corrected chi connectivity index (χ2v) is 11.6. The molecule has 1 aliphatic rings. The minimum Gasteiger partial charge on any atom is -0.461 e. The second-order valence-electron chi connectivity index (χ2n) is 10.8. The van der Waals surface area contributed by atoms with Gasteiger partial charge in [-0.2, -0.15) is 5.10 Å². The van der Waals surface area contributed by atoms with E-state index in [-0.39, 0.29) is 18.1 Å². The quantitative estimate of drug-likeness (QED) is 0.169. The number of hydrogen-bond acceptors (Lipinski definition) is 5. The van der Waals surface area contributed by atoms with Crippen molar-refractivity contribution in [1.82, 2.24) is 14.8 Å². The monoisotopic (exact) mass is 565 g/mol. The van der Waals surface area contributed by atoms with Crippen LogP contribution >= 0.6 is 11.3 Å². The maximum atomic E-state index is 15.2. The minimum atomic E-state index is -0.445. The van der Waals surface area contributed by atoms with E-state index >= 15 is 4.39 Å². The molecule has 1 aliphatic carbocycles.